The summed E-state index contributed by atoms with van der Waals surface area (Å²) in [4.78, 5) is 8.24. The fourth-order valence-electron chi connectivity index (χ4n) is 2.74. The summed E-state index contributed by atoms with van der Waals surface area (Å²) in [6.07, 6.45) is 0. The van der Waals surface area contributed by atoms with Gasteiger partial charge in [0.25, 0.3) is 0 Å². The molecule has 2 heterocycles. The van der Waals surface area contributed by atoms with Gasteiger partial charge in [-0.05, 0) is 36.4 Å². The lowest BCUT2D eigenvalue weighted by Crippen LogP contribution is -2.38. The van der Waals surface area contributed by atoms with Crippen LogP contribution in [0, 0.1) is 13.8 Å². The van der Waals surface area contributed by atoms with Crippen LogP contribution in [0.4, 0.5) is 0 Å². The average Bonchev–Trinajstić information content (AvgIpc) is 3.28. The van der Waals surface area contributed by atoms with E-state index >= 15 is 0 Å². The Labute approximate surface area is 164 Å². The monoisotopic (exact) mass is 382 g/mol. The third-order valence-electron chi connectivity index (χ3n) is 4.58. The van der Waals surface area contributed by atoms with Gasteiger partial charge in [-0.3, -0.25) is 0 Å². The number of thiophene rings is 1. The molecule has 0 aliphatic carbocycles. The van der Waals surface area contributed by atoms with Crippen molar-refractivity contribution in [3.63, 3.8) is 0 Å². The second kappa shape index (κ2) is 8.81. The van der Waals surface area contributed by atoms with Crippen molar-refractivity contribution in [2.75, 3.05) is 7.05 Å². The van der Waals surface area contributed by atoms with Crippen molar-refractivity contribution in [1.82, 2.24) is 25.0 Å². The van der Waals surface area contributed by atoms with Gasteiger partial charge < -0.3 is 14.8 Å². The predicted molar refractivity (Wildman–Crippen MR) is 111 cm³/mol. The molecule has 7 heteroatoms. The highest BCUT2D eigenvalue weighted by molar-refractivity contribution is 7.09. The zero-order chi connectivity index (χ0) is 19.2. The van der Waals surface area contributed by atoms with E-state index in [0.717, 1.165) is 30.7 Å². The first-order valence-electron chi connectivity index (χ1n) is 8.96. The summed E-state index contributed by atoms with van der Waals surface area (Å²) in [6.45, 7) is 6.12. The Bertz CT molecular complexity index is 897. The van der Waals surface area contributed by atoms with Crippen LogP contribution in [-0.2, 0) is 26.7 Å². The van der Waals surface area contributed by atoms with Gasteiger partial charge in [0.15, 0.2) is 11.8 Å². The minimum absolute atomic E-state index is 0.488. The molecule has 0 saturated carbocycles. The van der Waals surface area contributed by atoms with Gasteiger partial charge in [0.2, 0.25) is 0 Å². The first kappa shape index (κ1) is 19.1. The fraction of sp³-hybridized carbons (Fsp3) is 0.350. The summed E-state index contributed by atoms with van der Waals surface area (Å²) in [6, 6.07) is 12.6. The van der Waals surface area contributed by atoms with E-state index in [2.05, 4.69) is 76.2 Å². The van der Waals surface area contributed by atoms with Gasteiger partial charge in [0, 0.05) is 25.5 Å². The standard InChI is InChI=1S/C20H26N6S/c1-15-8-5-6-9-17(15)14-25(3)20(21-12-18-10-7-11-27-18)22-13-19-24-23-16(2)26(19)4/h5-11H,12-14H2,1-4H3,(H,21,22). The highest BCUT2D eigenvalue weighted by Crippen LogP contribution is 2.11. The predicted octanol–water partition coefficient (Wildman–Crippen LogP) is 3.27. The second-order valence-electron chi connectivity index (χ2n) is 6.58. The maximum absolute atomic E-state index is 4.81. The zero-order valence-electron chi connectivity index (χ0n) is 16.3. The summed E-state index contributed by atoms with van der Waals surface area (Å²) >= 11 is 1.74. The molecule has 1 aromatic carbocycles. The molecule has 0 bridgehead atoms. The van der Waals surface area contributed by atoms with Crippen molar-refractivity contribution in [2.45, 2.75) is 33.5 Å². The molecule has 27 heavy (non-hydrogen) atoms. The van der Waals surface area contributed by atoms with Crippen molar-refractivity contribution in [1.29, 1.82) is 0 Å². The summed E-state index contributed by atoms with van der Waals surface area (Å²) in [5.74, 6) is 2.60. The first-order chi connectivity index (χ1) is 13.0. The molecule has 0 fully saturated rings. The molecule has 2 aromatic heterocycles. The SMILES string of the molecule is Cc1ccccc1CN(C)C(=NCc1nnc(C)n1C)NCc1cccs1. The molecule has 0 aliphatic heterocycles. The van der Waals surface area contributed by atoms with Gasteiger partial charge in [-0.1, -0.05) is 30.3 Å². The number of guanidine groups is 1. The van der Waals surface area contributed by atoms with E-state index in [9.17, 15) is 0 Å². The van der Waals surface area contributed by atoms with Crippen LogP contribution in [0.25, 0.3) is 0 Å². The zero-order valence-corrected chi connectivity index (χ0v) is 17.1. The van der Waals surface area contributed by atoms with E-state index in [-0.39, 0.29) is 0 Å². The number of aryl methyl sites for hydroxylation is 2. The number of hydrogen-bond acceptors (Lipinski definition) is 4. The van der Waals surface area contributed by atoms with Crippen LogP contribution in [0.15, 0.2) is 46.8 Å². The largest absolute Gasteiger partial charge is 0.351 e. The van der Waals surface area contributed by atoms with Crippen LogP contribution in [0.5, 0.6) is 0 Å². The van der Waals surface area contributed by atoms with Gasteiger partial charge in [-0.2, -0.15) is 0 Å². The Kier molecular flexibility index (Phi) is 6.24. The van der Waals surface area contributed by atoms with Crippen LogP contribution in [-0.4, -0.2) is 32.7 Å². The molecule has 3 aromatic rings. The van der Waals surface area contributed by atoms with Gasteiger partial charge in [0.1, 0.15) is 12.4 Å². The Hall–Kier alpha value is -2.67. The maximum Gasteiger partial charge on any atom is 0.194 e. The molecular formula is C20H26N6S. The molecular weight excluding hydrogens is 356 g/mol. The summed E-state index contributed by atoms with van der Waals surface area (Å²) in [5, 5.41) is 13.9. The van der Waals surface area contributed by atoms with E-state index < -0.39 is 0 Å². The first-order valence-corrected chi connectivity index (χ1v) is 9.83. The Morgan fingerprint density at radius 1 is 1.19 bits per heavy atom. The molecule has 1 N–H and O–H groups in total. The fourth-order valence-corrected chi connectivity index (χ4v) is 3.39. The molecule has 142 valence electrons. The molecule has 0 amide bonds. The van der Waals surface area contributed by atoms with E-state index in [4.69, 9.17) is 4.99 Å². The summed E-state index contributed by atoms with van der Waals surface area (Å²) in [7, 11) is 4.03. The number of nitrogens with one attached hydrogen (secondary N) is 1. The summed E-state index contributed by atoms with van der Waals surface area (Å²) in [5.41, 5.74) is 2.58. The minimum atomic E-state index is 0.488. The topological polar surface area (TPSA) is 58.3 Å². The third kappa shape index (κ3) is 4.95. The number of rotatable bonds is 6. The Morgan fingerprint density at radius 3 is 2.67 bits per heavy atom. The van der Waals surface area contributed by atoms with Crippen LogP contribution in [0.3, 0.4) is 0 Å². The lowest BCUT2D eigenvalue weighted by molar-refractivity contribution is 0.473. The number of benzene rings is 1. The minimum Gasteiger partial charge on any atom is -0.351 e. The quantitative estimate of drug-likeness (QED) is 0.525. The molecule has 0 unspecified atom stereocenters. The van der Waals surface area contributed by atoms with Crippen LogP contribution in [0.2, 0.25) is 0 Å². The van der Waals surface area contributed by atoms with Gasteiger partial charge in [-0.15, -0.1) is 21.5 Å². The number of hydrogen-bond donors (Lipinski definition) is 1. The van der Waals surface area contributed by atoms with Crippen molar-refractivity contribution in [3.05, 3.63) is 69.4 Å². The lowest BCUT2D eigenvalue weighted by atomic mass is 10.1. The Morgan fingerprint density at radius 2 is 2.00 bits per heavy atom. The van der Waals surface area contributed by atoms with Crippen molar-refractivity contribution < 1.29 is 0 Å². The van der Waals surface area contributed by atoms with Gasteiger partial charge >= 0.3 is 0 Å². The van der Waals surface area contributed by atoms with Crippen molar-refractivity contribution in [3.8, 4) is 0 Å². The van der Waals surface area contributed by atoms with E-state index in [1.54, 1.807) is 11.3 Å². The van der Waals surface area contributed by atoms with Crippen LogP contribution in [0.1, 0.15) is 27.7 Å². The molecule has 0 spiro atoms. The summed E-state index contributed by atoms with van der Waals surface area (Å²) < 4.78 is 1.97. The third-order valence-corrected chi connectivity index (χ3v) is 5.46. The normalized spacial score (nSPS) is 11.6. The number of aromatic nitrogens is 3. The lowest BCUT2D eigenvalue weighted by Gasteiger charge is -2.23. The molecule has 3 rings (SSSR count). The van der Waals surface area contributed by atoms with E-state index in [1.165, 1.54) is 16.0 Å². The van der Waals surface area contributed by atoms with Gasteiger partial charge in [-0.25, -0.2) is 4.99 Å². The van der Waals surface area contributed by atoms with Crippen molar-refractivity contribution >= 4 is 17.3 Å². The maximum atomic E-state index is 4.81. The van der Waals surface area contributed by atoms with Gasteiger partial charge in [0.05, 0.1) is 6.54 Å². The van der Waals surface area contributed by atoms with Crippen LogP contribution < -0.4 is 5.32 Å². The highest BCUT2D eigenvalue weighted by atomic mass is 32.1. The molecule has 0 saturated heterocycles. The number of nitrogens with zero attached hydrogens (tertiary/aromatic N) is 5. The second-order valence-corrected chi connectivity index (χ2v) is 7.61. The molecule has 0 aliphatic rings. The van der Waals surface area contributed by atoms with E-state index in [1.807, 2.05) is 18.5 Å². The highest BCUT2D eigenvalue weighted by Gasteiger charge is 2.11. The Balaban J connectivity index is 1.76. The smallest absolute Gasteiger partial charge is 0.194 e. The van der Waals surface area contributed by atoms with Crippen molar-refractivity contribution in [2.24, 2.45) is 12.0 Å². The molecule has 0 radical (unpaired) electrons. The molecule has 0 atom stereocenters. The van der Waals surface area contributed by atoms with Crippen LogP contribution >= 0.6 is 11.3 Å². The average molecular weight is 383 g/mol. The van der Waals surface area contributed by atoms with E-state index in [0.29, 0.717) is 6.54 Å². The number of aliphatic imine (C=N–C) groups is 1. The molecule has 6 nitrogen and oxygen atoms in total.